The molecule has 0 aliphatic rings. The Hall–Kier alpha value is -1.39. The summed E-state index contributed by atoms with van der Waals surface area (Å²) in [4.78, 5) is 4.34. The zero-order valence-corrected chi connectivity index (χ0v) is 11.6. The topological polar surface area (TPSA) is 42.4 Å². The monoisotopic (exact) mass is 263 g/mol. The maximum absolute atomic E-state index is 9.84. The van der Waals surface area contributed by atoms with Crippen molar-refractivity contribution < 1.29 is 9.84 Å². The molecule has 0 bridgehead atoms. The Morgan fingerprint density at radius 1 is 1.28 bits per heavy atom. The van der Waals surface area contributed by atoms with Gasteiger partial charge in [0.25, 0.3) is 0 Å². The van der Waals surface area contributed by atoms with Crippen molar-refractivity contribution >= 4 is 11.3 Å². The van der Waals surface area contributed by atoms with Crippen molar-refractivity contribution in [1.82, 2.24) is 4.98 Å². The smallest absolute Gasteiger partial charge is 0.131 e. The average molecular weight is 263 g/mol. The molecule has 0 spiro atoms. The highest BCUT2D eigenvalue weighted by Gasteiger charge is 2.15. The molecular weight excluding hydrogens is 246 g/mol. The molecule has 1 heterocycles. The average Bonchev–Trinajstić information content (AvgIpc) is 2.72. The molecule has 0 fully saturated rings. The first-order valence-corrected chi connectivity index (χ1v) is 6.70. The van der Waals surface area contributed by atoms with Gasteiger partial charge in [0.15, 0.2) is 0 Å². The molecule has 0 saturated carbocycles. The SMILES string of the molecule is Cc1nc(COc2ccc(C(C)(C)O)cc2)cs1. The quantitative estimate of drug-likeness (QED) is 0.920. The van der Waals surface area contributed by atoms with Crippen LogP contribution in [0.15, 0.2) is 29.6 Å². The van der Waals surface area contributed by atoms with E-state index >= 15 is 0 Å². The van der Waals surface area contributed by atoms with Crippen molar-refractivity contribution in [2.24, 2.45) is 0 Å². The lowest BCUT2D eigenvalue weighted by molar-refractivity contribution is 0.0785. The van der Waals surface area contributed by atoms with E-state index in [1.54, 1.807) is 25.2 Å². The van der Waals surface area contributed by atoms with Gasteiger partial charge < -0.3 is 9.84 Å². The Kier molecular flexibility index (Phi) is 3.68. The van der Waals surface area contributed by atoms with Crippen LogP contribution in [0.4, 0.5) is 0 Å². The van der Waals surface area contributed by atoms with E-state index in [9.17, 15) is 5.11 Å². The third kappa shape index (κ3) is 3.31. The summed E-state index contributed by atoms with van der Waals surface area (Å²) in [7, 11) is 0. The summed E-state index contributed by atoms with van der Waals surface area (Å²) in [5.41, 5.74) is 1.01. The van der Waals surface area contributed by atoms with Gasteiger partial charge in [-0.3, -0.25) is 0 Å². The lowest BCUT2D eigenvalue weighted by Gasteiger charge is -2.17. The van der Waals surface area contributed by atoms with E-state index in [0.29, 0.717) is 6.61 Å². The Balaban J connectivity index is 1.98. The number of rotatable bonds is 4. The molecule has 18 heavy (non-hydrogen) atoms. The molecule has 0 radical (unpaired) electrons. The molecule has 1 aromatic carbocycles. The highest BCUT2D eigenvalue weighted by atomic mass is 32.1. The highest BCUT2D eigenvalue weighted by Crippen LogP contribution is 2.22. The number of ether oxygens (including phenoxy) is 1. The van der Waals surface area contributed by atoms with Crippen LogP contribution in [0.1, 0.15) is 30.1 Å². The summed E-state index contributed by atoms with van der Waals surface area (Å²) in [6.07, 6.45) is 0. The van der Waals surface area contributed by atoms with Gasteiger partial charge in [-0.2, -0.15) is 0 Å². The number of aromatic nitrogens is 1. The standard InChI is InChI=1S/C14H17NO2S/c1-10-15-12(9-18-10)8-17-13-6-4-11(5-7-13)14(2,3)16/h4-7,9,16H,8H2,1-3H3. The Morgan fingerprint density at radius 3 is 2.44 bits per heavy atom. The molecule has 96 valence electrons. The normalized spacial score (nSPS) is 11.6. The minimum absolute atomic E-state index is 0.478. The molecule has 1 N–H and O–H groups in total. The second-order valence-electron chi connectivity index (χ2n) is 4.73. The predicted octanol–water partition coefficient (Wildman–Crippen LogP) is 3.26. The molecule has 4 heteroatoms. The molecule has 0 aliphatic heterocycles. The largest absolute Gasteiger partial charge is 0.487 e. The van der Waals surface area contributed by atoms with Crippen molar-refractivity contribution in [2.45, 2.75) is 33.0 Å². The van der Waals surface area contributed by atoms with Crippen molar-refractivity contribution in [3.63, 3.8) is 0 Å². The van der Waals surface area contributed by atoms with Crippen molar-refractivity contribution in [3.05, 3.63) is 45.9 Å². The minimum Gasteiger partial charge on any atom is -0.487 e. The third-order valence-electron chi connectivity index (χ3n) is 2.61. The van der Waals surface area contributed by atoms with Crippen LogP contribution in [0.3, 0.4) is 0 Å². The number of benzene rings is 1. The van der Waals surface area contributed by atoms with E-state index in [1.165, 1.54) is 0 Å². The number of hydrogen-bond acceptors (Lipinski definition) is 4. The summed E-state index contributed by atoms with van der Waals surface area (Å²) in [5.74, 6) is 0.786. The van der Waals surface area contributed by atoms with Gasteiger partial charge in [-0.25, -0.2) is 4.98 Å². The second kappa shape index (κ2) is 5.08. The number of thiazole rings is 1. The molecular formula is C14H17NO2S. The van der Waals surface area contributed by atoms with Gasteiger partial charge >= 0.3 is 0 Å². The summed E-state index contributed by atoms with van der Waals surface area (Å²) < 4.78 is 5.64. The lowest BCUT2D eigenvalue weighted by atomic mass is 9.99. The van der Waals surface area contributed by atoms with E-state index in [4.69, 9.17) is 4.74 Å². The van der Waals surface area contributed by atoms with Crippen LogP contribution in [0.5, 0.6) is 5.75 Å². The zero-order chi connectivity index (χ0) is 13.2. The van der Waals surface area contributed by atoms with Crippen LogP contribution in [0, 0.1) is 6.92 Å². The molecule has 0 unspecified atom stereocenters. The molecule has 0 atom stereocenters. The van der Waals surface area contributed by atoms with Crippen molar-refractivity contribution in [1.29, 1.82) is 0 Å². The number of hydrogen-bond donors (Lipinski definition) is 1. The molecule has 0 aliphatic carbocycles. The first kappa shape index (κ1) is 13.1. The summed E-state index contributed by atoms with van der Waals surface area (Å²) in [6.45, 7) is 5.99. The second-order valence-corrected chi connectivity index (χ2v) is 5.79. The maximum atomic E-state index is 9.84. The van der Waals surface area contributed by atoms with E-state index in [1.807, 2.05) is 36.6 Å². The van der Waals surface area contributed by atoms with Gasteiger partial charge in [0.05, 0.1) is 16.3 Å². The molecule has 3 nitrogen and oxygen atoms in total. The molecule has 1 aromatic heterocycles. The molecule has 0 saturated heterocycles. The van der Waals surface area contributed by atoms with Crippen LogP contribution in [0.2, 0.25) is 0 Å². The van der Waals surface area contributed by atoms with E-state index in [0.717, 1.165) is 22.0 Å². The van der Waals surface area contributed by atoms with Gasteiger partial charge in [0.2, 0.25) is 0 Å². The van der Waals surface area contributed by atoms with E-state index in [2.05, 4.69) is 4.98 Å². The van der Waals surface area contributed by atoms with Crippen molar-refractivity contribution in [2.75, 3.05) is 0 Å². The van der Waals surface area contributed by atoms with E-state index in [-0.39, 0.29) is 0 Å². The fourth-order valence-corrected chi connectivity index (χ4v) is 2.19. The summed E-state index contributed by atoms with van der Waals surface area (Å²) >= 11 is 1.62. The molecule has 2 aromatic rings. The number of aliphatic hydroxyl groups is 1. The number of aryl methyl sites for hydroxylation is 1. The number of nitrogens with zero attached hydrogens (tertiary/aromatic N) is 1. The Bertz CT molecular complexity index is 511. The van der Waals surface area contributed by atoms with E-state index < -0.39 is 5.60 Å². The van der Waals surface area contributed by atoms with Gasteiger partial charge in [0.1, 0.15) is 12.4 Å². The first-order chi connectivity index (χ1) is 8.45. The van der Waals surface area contributed by atoms with Crippen LogP contribution in [-0.2, 0) is 12.2 Å². The van der Waals surface area contributed by atoms with Crippen molar-refractivity contribution in [3.8, 4) is 5.75 Å². The maximum Gasteiger partial charge on any atom is 0.131 e. The predicted molar refractivity (Wildman–Crippen MR) is 72.9 cm³/mol. The van der Waals surface area contributed by atoms with Crippen LogP contribution in [-0.4, -0.2) is 10.1 Å². The van der Waals surface area contributed by atoms with Gasteiger partial charge in [-0.15, -0.1) is 11.3 Å². The zero-order valence-electron chi connectivity index (χ0n) is 10.8. The summed E-state index contributed by atoms with van der Waals surface area (Å²) in [6, 6.07) is 7.49. The van der Waals surface area contributed by atoms with Gasteiger partial charge in [-0.05, 0) is 38.5 Å². The Labute approximate surface area is 111 Å². The fourth-order valence-electron chi connectivity index (χ4n) is 1.59. The van der Waals surface area contributed by atoms with Crippen LogP contribution < -0.4 is 4.74 Å². The van der Waals surface area contributed by atoms with Crippen LogP contribution >= 0.6 is 11.3 Å². The minimum atomic E-state index is -0.815. The van der Waals surface area contributed by atoms with Crippen LogP contribution in [0.25, 0.3) is 0 Å². The highest BCUT2D eigenvalue weighted by molar-refractivity contribution is 7.09. The fraction of sp³-hybridized carbons (Fsp3) is 0.357. The first-order valence-electron chi connectivity index (χ1n) is 5.82. The van der Waals surface area contributed by atoms with Gasteiger partial charge in [0, 0.05) is 5.38 Å². The third-order valence-corrected chi connectivity index (χ3v) is 3.44. The van der Waals surface area contributed by atoms with Gasteiger partial charge in [-0.1, -0.05) is 12.1 Å². The molecule has 0 amide bonds. The Morgan fingerprint density at radius 2 is 1.94 bits per heavy atom. The summed E-state index contributed by atoms with van der Waals surface area (Å²) in [5, 5.41) is 12.9. The molecule has 2 rings (SSSR count). The lowest BCUT2D eigenvalue weighted by Crippen LogP contribution is -2.14.